The number of ether oxygens (including phenoxy) is 5. The number of benzene rings is 4. The molecule has 7 rings (SSSR count). The van der Waals surface area contributed by atoms with Gasteiger partial charge in [-0.3, -0.25) is 4.68 Å². The summed E-state index contributed by atoms with van der Waals surface area (Å²) < 4.78 is 48.0. The van der Waals surface area contributed by atoms with Crippen LogP contribution in [0.15, 0.2) is 71.6 Å². The average molecular weight is 898 g/mol. The minimum atomic E-state index is -0.445. The van der Waals surface area contributed by atoms with Gasteiger partial charge in [-0.15, -0.1) is 11.8 Å². The van der Waals surface area contributed by atoms with Crippen molar-refractivity contribution in [1.82, 2.24) is 14.3 Å². The first-order valence-corrected chi connectivity index (χ1v) is 20.6. The minimum Gasteiger partial charge on any atom is -0.497 e. The zero-order valence-electron chi connectivity index (χ0n) is 31.1. The van der Waals surface area contributed by atoms with Crippen LogP contribution in [0.3, 0.4) is 0 Å². The number of esters is 1. The number of thioether (sulfide) groups is 1. The van der Waals surface area contributed by atoms with Crippen LogP contribution in [0, 0.1) is 16.3 Å². The third kappa shape index (κ3) is 8.48. The van der Waals surface area contributed by atoms with Crippen molar-refractivity contribution < 1.29 is 32.9 Å². The quantitative estimate of drug-likeness (QED) is 0.0463. The maximum Gasteiger partial charge on any atom is 0.355 e. The van der Waals surface area contributed by atoms with E-state index in [0.717, 1.165) is 89.0 Å². The maximum atomic E-state index is 14.4. The SMILES string of the molecule is COC(=O)c1c(I)c2c(-c3c(COC4CCCCO4)nn(C)c3C)c(Cl)ccc2n1CCCOc1cc(SCc2ccc(OC)cc2)cc2cc(F)ccc12. The van der Waals surface area contributed by atoms with Crippen molar-refractivity contribution in [3.8, 4) is 22.6 Å². The Hall–Kier alpha value is -3.82. The fourth-order valence-corrected chi connectivity index (χ4v) is 9.27. The molecule has 13 heteroatoms. The normalized spacial score (nSPS) is 14.5. The monoisotopic (exact) mass is 897 g/mol. The summed E-state index contributed by atoms with van der Waals surface area (Å²) in [6.07, 6.45) is 3.23. The maximum absolute atomic E-state index is 14.4. The van der Waals surface area contributed by atoms with Crippen molar-refractivity contribution in [2.24, 2.45) is 7.05 Å². The van der Waals surface area contributed by atoms with E-state index in [-0.39, 0.29) is 18.7 Å². The molecule has 0 amide bonds. The van der Waals surface area contributed by atoms with Gasteiger partial charge in [0.15, 0.2) is 6.29 Å². The van der Waals surface area contributed by atoms with Crippen LogP contribution >= 0.6 is 46.0 Å². The van der Waals surface area contributed by atoms with Crippen molar-refractivity contribution in [2.75, 3.05) is 27.4 Å². The smallest absolute Gasteiger partial charge is 0.355 e. The fourth-order valence-electron chi connectivity index (χ4n) is 7.04. The molecular formula is C42H42ClFIN3O6S. The van der Waals surface area contributed by atoms with Gasteiger partial charge >= 0.3 is 5.97 Å². The van der Waals surface area contributed by atoms with Gasteiger partial charge in [-0.2, -0.15) is 5.10 Å². The molecule has 1 aliphatic rings. The summed E-state index contributed by atoms with van der Waals surface area (Å²) in [4.78, 5) is 14.4. The summed E-state index contributed by atoms with van der Waals surface area (Å²) in [7, 11) is 4.94. The minimum absolute atomic E-state index is 0.259. The topological polar surface area (TPSA) is 86.0 Å². The number of hydrogen-bond donors (Lipinski definition) is 0. The molecule has 3 heterocycles. The van der Waals surface area contributed by atoms with Gasteiger partial charge in [-0.1, -0.05) is 23.7 Å². The van der Waals surface area contributed by atoms with E-state index in [2.05, 4.69) is 22.6 Å². The number of carbonyl (C=O) groups is 1. The van der Waals surface area contributed by atoms with E-state index >= 15 is 0 Å². The van der Waals surface area contributed by atoms with Gasteiger partial charge in [0.2, 0.25) is 0 Å². The Kier molecular flexibility index (Phi) is 12.6. The van der Waals surface area contributed by atoms with Crippen LogP contribution in [0.5, 0.6) is 11.5 Å². The largest absolute Gasteiger partial charge is 0.497 e. The molecule has 0 saturated carbocycles. The first kappa shape index (κ1) is 39.4. The van der Waals surface area contributed by atoms with E-state index in [1.54, 1.807) is 24.9 Å². The predicted octanol–water partition coefficient (Wildman–Crippen LogP) is 10.5. The molecule has 0 aliphatic carbocycles. The molecule has 1 atom stereocenters. The van der Waals surface area contributed by atoms with E-state index < -0.39 is 5.97 Å². The number of aryl methyl sites for hydroxylation is 2. The van der Waals surface area contributed by atoms with Crippen molar-refractivity contribution >= 4 is 73.6 Å². The highest BCUT2D eigenvalue weighted by molar-refractivity contribution is 14.1. The molecule has 1 fully saturated rings. The van der Waals surface area contributed by atoms with Crippen molar-refractivity contribution in [2.45, 2.75) is 62.7 Å². The second kappa shape index (κ2) is 17.5. The number of aromatic nitrogens is 3. The van der Waals surface area contributed by atoms with Gasteiger partial charge in [-0.25, -0.2) is 9.18 Å². The lowest BCUT2D eigenvalue weighted by Gasteiger charge is -2.22. The Morgan fingerprint density at radius 1 is 1.07 bits per heavy atom. The zero-order valence-corrected chi connectivity index (χ0v) is 34.9. The molecule has 0 spiro atoms. The zero-order chi connectivity index (χ0) is 38.6. The van der Waals surface area contributed by atoms with Gasteiger partial charge in [0.05, 0.1) is 42.2 Å². The van der Waals surface area contributed by atoms with Gasteiger partial charge in [-0.05, 0) is 121 Å². The molecule has 6 aromatic rings. The highest BCUT2D eigenvalue weighted by atomic mass is 127. The number of hydrogen-bond acceptors (Lipinski definition) is 8. The van der Waals surface area contributed by atoms with Gasteiger partial charge in [0.25, 0.3) is 0 Å². The third-order valence-corrected chi connectivity index (χ3v) is 12.3. The number of nitrogens with zero attached hydrogens (tertiary/aromatic N) is 3. The van der Waals surface area contributed by atoms with E-state index in [4.69, 9.17) is 40.4 Å². The summed E-state index contributed by atoms with van der Waals surface area (Å²) in [5, 5.41) is 7.79. The molecule has 0 radical (unpaired) electrons. The van der Waals surface area contributed by atoms with Crippen LogP contribution in [0.25, 0.3) is 32.8 Å². The van der Waals surface area contributed by atoms with E-state index in [1.165, 1.54) is 19.2 Å². The summed E-state index contributed by atoms with van der Waals surface area (Å²) in [6.45, 7) is 3.76. The number of methoxy groups -OCH3 is 2. The first-order chi connectivity index (χ1) is 26.7. The molecule has 1 aliphatic heterocycles. The van der Waals surface area contributed by atoms with Crippen LogP contribution < -0.4 is 9.47 Å². The van der Waals surface area contributed by atoms with Crippen LogP contribution in [0.4, 0.5) is 4.39 Å². The van der Waals surface area contributed by atoms with Crippen molar-refractivity contribution in [1.29, 1.82) is 0 Å². The summed E-state index contributed by atoms with van der Waals surface area (Å²) >= 11 is 10.9. The molecule has 1 unspecified atom stereocenters. The standard InChI is InChI=1S/C42H42ClFIN3O6S/c1-25-37(33(46-47(25)2)23-54-36-8-5-6-18-53-36)38-32(43)15-16-34-39(38)40(45)41(42(49)51-4)48(34)17-7-19-52-35-22-30(21-27-20-28(44)11-14-31(27)35)55-24-26-9-12-29(50-3)13-10-26/h9-16,20-22,36H,5-8,17-19,23-24H2,1-4H3. The molecule has 9 nitrogen and oxygen atoms in total. The summed E-state index contributed by atoms with van der Waals surface area (Å²) in [5.41, 5.74) is 5.76. The Balaban J connectivity index is 1.16. The fraction of sp³-hybridized carbons (Fsp3) is 0.333. The number of rotatable bonds is 14. The van der Waals surface area contributed by atoms with Crippen LogP contribution in [-0.4, -0.2) is 54.0 Å². The molecule has 0 bridgehead atoms. The van der Waals surface area contributed by atoms with E-state index in [9.17, 15) is 9.18 Å². The Labute approximate surface area is 342 Å². The second-order valence-corrected chi connectivity index (χ2v) is 15.9. The van der Waals surface area contributed by atoms with Crippen LogP contribution in [0.2, 0.25) is 5.02 Å². The lowest BCUT2D eigenvalue weighted by Crippen LogP contribution is -2.22. The molecule has 55 heavy (non-hydrogen) atoms. The molecule has 2 aromatic heterocycles. The Morgan fingerprint density at radius 3 is 2.64 bits per heavy atom. The van der Waals surface area contributed by atoms with Crippen LogP contribution in [0.1, 0.15) is 53.1 Å². The second-order valence-electron chi connectivity index (χ2n) is 13.4. The van der Waals surface area contributed by atoms with Gasteiger partial charge in [0, 0.05) is 63.5 Å². The Morgan fingerprint density at radius 2 is 1.89 bits per heavy atom. The molecule has 1 saturated heterocycles. The summed E-state index contributed by atoms with van der Waals surface area (Å²) in [5.74, 6) is 1.45. The number of carbonyl (C=O) groups excluding carboxylic acids is 1. The molecule has 288 valence electrons. The van der Waals surface area contributed by atoms with Crippen LogP contribution in [-0.2, 0) is 40.2 Å². The van der Waals surface area contributed by atoms with Gasteiger partial charge in [0.1, 0.15) is 23.0 Å². The first-order valence-electron chi connectivity index (χ1n) is 18.1. The Bertz CT molecular complexity index is 2340. The van der Waals surface area contributed by atoms with E-state index in [1.807, 2.05) is 71.8 Å². The molecular weight excluding hydrogens is 856 g/mol. The lowest BCUT2D eigenvalue weighted by atomic mass is 9.99. The molecule has 4 aromatic carbocycles. The number of fused-ring (bicyclic) bond motifs is 2. The third-order valence-electron chi connectivity index (χ3n) is 9.90. The number of halogens is 3. The average Bonchev–Trinajstić information content (AvgIpc) is 3.64. The predicted molar refractivity (Wildman–Crippen MR) is 223 cm³/mol. The highest BCUT2D eigenvalue weighted by Crippen LogP contribution is 2.43. The van der Waals surface area contributed by atoms with E-state index in [0.29, 0.717) is 42.6 Å². The summed E-state index contributed by atoms with van der Waals surface area (Å²) in [6, 6.07) is 20.5. The van der Waals surface area contributed by atoms with Gasteiger partial charge < -0.3 is 28.3 Å². The highest BCUT2D eigenvalue weighted by Gasteiger charge is 2.29. The molecule has 0 N–H and O–H groups in total. The van der Waals surface area contributed by atoms with Crippen molar-refractivity contribution in [3.05, 3.63) is 104 Å². The lowest BCUT2D eigenvalue weighted by molar-refractivity contribution is -0.169. The van der Waals surface area contributed by atoms with Crippen molar-refractivity contribution in [3.63, 3.8) is 0 Å².